The van der Waals surface area contributed by atoms with Gasteiger partial charge in [-0.15, -0.1) is 0 Å². The highest BCUT2D eigenvalue weighted by Crippen LogP contribution is 2.35. The molecule has 0 radical (unpaired) electrons. The predicted octanol–water partition coefficient (Wildman–Crippen LogP) is 2.95. The molecule has 1 N–H and O–H groups in total. The molecular weight excluding hydrogens is 295 g/mol. The van der Waals surface area contributed by atoms with E-state index in [-0.39, 0.29) is 21.4 Å². The molecule has 0 fully saturated rings. The van der Waals surface area contributed by atoms with Crippen molar-refractivity contribution in [2.24, 2.45) is 0 Å². The lowest BCUT2D eigenvalue weighted by atomic mass is 10.1. The van der Waals surface area contributed by atoms with E-state index in [1.54, 1.807) is 12.1 Å². The fraction of sp³-hybridized carbons (Fsp3) is 0.364. The van der Waals surface area contributed by atoms with Gasteiger partial charge in [0.25, 0.3) is 0 Å². The molecule has 1 aromatic carbocycles. The summed E-state index contributed by atoms with van der Waals surface area (Å²) in [5.74, 6) is 0.274. The zero-order valence-corrected chi connectivity index (χ0v) is 11.3. The molecule has 88 valence electrons. The van der Waals surface area contributed by atoms with Gasteiger partial charge in [-0.05, 0) is 31.0 Å². The number of ether oxygens (including phenoxy) is 1. The maximum absolute atomic E-state index is 11.1. The smallest absolute Gasteiger partial charge is 0.176 e. The number of carbonyl (C=O) groups excluding carboxylic acids is 1. The Morgan fingerprint density at radius 1 is 1.62 bits per heavy atom. The Bertz CT molecular complexity index is 406. The molecule has 5 heteroatoms. The molecule has 0 aromatic heterocycles. The monoisotopic (exact) mass is 306 g/mol. The normalized spacial score (nSPS) is 12.2. The number of ketones is 1. The van der Waals surface area contributed by atoms with Gasteiger partial charge in [-0.2, -0.15) is 0 Å². The lowest BCUT2D eigenvalue weighted by Crippen LogP contribution is -2.12. The van der Waals surface area contributed by atoms with Crippen molar-refractivity contribution in [2.75, 3.05) is 7.11 Å². The van der Waals surface area contributed by atoms with Crippen LogP contribution in [-0.4, -0.2) is 22.8 Å². The second-order valence-electron chi connectivity index (χ2n) is 3.41. The Kier molecular flexibility index (Phi) is 4.62. The molecule has 0 saturated carbocycles. The van der Waals surface area contributed by atoms with Crippen molar-refractivity contribution in [2.45, 2.75) is 18.2 Å². The van der Waals surface area contributed by atoms with Crippen LogP contribution in [0.4, 0.5) is 0 Å². The number of alkyl halides is 1. The highest BCUT2D eigenvalue weighted by molar-refractivity contribution is 9.10. The standard InChI is InChI=1S/C11H12BrClO3/c1-6(14)8(12)3-7-4-9(13)11(15)10(5-7)16-2/h4-5,8,15H,3H2,1-2H3. The van der Waals surface area contributed by atoms with Gasteiger partial charge in [0.2, 0.25) is 0 Å². The highest BCUT2D eigenvalue weighted by Gasteiger charge is 2.14. The van der Waals surface area contributed by atoms with Gasteiger partial charge in [-0.1, -0.05) is 27.5 Å². The van der Waals surface area contributed by atoms with E-state index in [1.807, 2.05) is 0 Å². The maximum atomic E-state index is 11.1. The number of Topliss-reactive ketones (excluding diaryl/α,β-unsaturated/α-hetero) is 1. The van der Waals surface area contributed by atoms with E-state index in [1.165, 1.54) is 14.0 Å². The summed E-state index contributed by atoms with van der Waals surface area (Å²) in [6.45, 7) is 1.51. The van der Waals surface area contributed by atoms with Crippen LogP contribution in [0.3, 0.4) is 0 Å². The first-order valence-corrected chi connectivity index (χ1v) is 5.95. The minimum Gasteiger partial charge on any atom is -0.503 e. The van der Waals surface area contributed by atoms with Crippen LogP contribution in [0.1, 0.15) is 12.5 Å². The number of benzene rings is 1. The summed E-state index contributed by atoms with van der Waals surface area (Å²) in [6, 6.07) is 3.29. The number of hydrogen-bond acceptors (Lipinski definition) is 3. The van der Waals surface area contributed by atoms with E-state index in [2.05, 4.69) is 15.9 Å². The molecule has 1 rings (SSSR count). The Morgan fingerprint density at radius 3 is 2.75 bits per heavy atom. The van der Waals surface area contributed by atoms with Crippen molar-refractivity contribution in [3.8, 4) is 11.5 Å². The predicted molar refractivity (Wildman–Crippen MR) is 66.8 cm³/mol. The van der Waals surface area contributed by atoms with Crippen LogP contribution < -0.4 is 4.74 Å². The summed E-state index contributed by atoms with van der Waals surface area (Å²) in [7, 11) is 1.45. The molecule has 0 aliphatic carbocycles. The number of aromatic hydroxyl groups is 1. The van der Waals surface area contributed by atoms with E-state index in [4.69, 9.17) is 16.3 Å². The van der Waals surface area contributed by atoms with Gasteiger partial charge >= 0.3 is 0 Å². The van der Waals surface area contributed by atoms with E-state index < -0.39 is 0 Å². The van der Waals surface area contributed by atoms with Gasteiger partial charge in [0.15, 0.2) is 11.5 Å². The number of carbonyl (C=O) groups is 1. The topological polar surface area (TPSA) is 46.5 Å². The summed E-state index contributed by atoms with van der Waals surface area (Å²) >= 11 is 9.10. The maximum Gasteiger partial charge on any atom is 0.176 e. The third-order valence-corrected chi connectivity index (χ3v) is 3.42. The van der Waals surface area contributed by atoms with E-state index in [0.717, 1.165) is 5.56 Å². The van der Waals surface area contributed by atoms with Crippen molar-refractivity contribution >= 4 is 33.3 Å². The third kappa shape index (κ3) is 3.12. The molecule has 0 spiro atoms. The molecule has 0 aliphatic heterocycles. The average Bonchev–Trinajstić information content (AvgIpc) is 2.22. The summed E-state index contributed by atoms with van der Waals surface area (Å²) in [4.78, 5) is 10.8. The van der Waals surface area contributed by atoms with Gasteiger partial charge in [0.05, 0.1) is 17.0 Å². The summed E-state index contributed by atoms with van der Waals surface area (Å²) in [5.41, 5.74) is 0.830. The van der Waals surface area contributed by atoms with Gasteiger partial charge in [0.1, 0.15) is 5.78 Å². The number of halogens is 2. The van der Waals surface area contributed by atoms with E-state index >= 15 is 0 Å². The second-order valence-corrected chi connectivity index (χ2v) is 4.92. The number of methoxy groups -OCH3 is 1. The molecular formula is C11H12BrClO3. The zero-order valence-electron chi connectivity index (χ0n) is 8.96. The fourth-order valence-electron chi connectivity index (χ4n) is 1.25. The van der Waals surface area contributed by atoms with Crippen LogP contribution in [0.5, 0.6) is 11.5 Å². The molecule has 0 amide bonds. The second kappa shape index (κ2) is 5.55. The first-order chi connectivity index (χ1) is 7.45. The van der Waals surface area contributed by atoms with Crippen molar-refractivity contribution < 1.29 is 14.6 Å². The number of hydrogen-bond donors (Lipinski definition) is 1. The minimum atomic E-state index is -0.252. The van der Waals surface area contributed by atoms with Gasteiger partial charge in [-0.3, -0.25) is 4.79 Å². The van der Waals surface area contributed by atoms with Crippen LogP contribution >= 0.6 is 27.5 Å². The Morgan fingerprint density at radius 2 is 2.25 bits per heavy atom. The van der Waals surface area contributed by atoms with Crippen LogP contribution in [-0.2, 0) is 11.2 Å². The summed E-state index contributed by atoms with van der Waals surface area (Å²) in [6.07, 6.45) is 0.506. The molecule has 0 aliphatic rings. The van der Waals surface area contributed by atoms with Crippen molar-refractivity contribution in [1.82, 2.24) is 0 Å². The molecule has 1 atom stereocenters. The molecule has 3 nitrogen and oxygen atoms in total. The number of phenolic OH excluding ortho intramolecular Hbond substituents is 1. The van der Waals surface area contributed by atoms with Gasteiger partial charge in [0, 0.05) is 0 Å². The minimum absolute atomic E-state index is 0.0446. The van der Waals surface area contributed by atoms with E-state index in [0.29, 0.717) is 12.2 Å². The van der Waals surface area contributed by atoms with E-state index in [9.17, 15) is 9.90 Å². The Hall–Kier alpha value is -0.740. The number of rotatable bonds is 4. The average molecular weight is 308 g/mol. The van der Waals surface area contributed by atoms with Crippen molar-refractivity contribution in [1.29, 1.82) is 0 Å². The lowest BCUT2D eigenvalue weighted by molar-refractivity contribution is -0.116. The lowest BCUT2D eigenvalue weighted by Gasteiger charge is -2.10. The van der Waals surface area contributed by atoms with Crippen LogP contribution in [0.2, 0.25) is 5.02 Å². The fourth-order valence-corrected chi connectivity index (χ4v) is 1.86. The Balaban J connectivity index is 2.98. The SMILES string of the molecule is COc1cc(CC(Br)C(C)=O)cc(Cl)c1O. The first kappa shape index (κ1) is 13.3. The molecule has 1 aromatic rings. The molecule has 1 unspecified atom stereocenters. The molecule has 0 bridgehead atoms. The largest absolute Gasteiger partial charge is 0.503 e. The molecule has 16 heavy (non-hydrogen) atoms. The summed E-state index contributed by atoms with van der Waals surface area (Å²) < 4.78 is 4.97. The molecule has 0 saturated heterocycles. The third-order valence-electron chi connectivity index (χ3n) is 2.16. The number of phenols is 1. The van der Waals surface area contributed by atoms with Crippen LogP contribution in [0.25, 0.3) is 0 Å². The first-order valence-electron chi connectivity index (χ1n) is 4.65. The van der Waals surface area contributed by atoms with Crippen LogP contribution in [0.15, 0.2) is 12.1 Å². The molecule has 0 heterocycles. The Labute approximate surface area is 107 Å². The van der Waals surface area contributed by atoms with Gasteiger partial charge < -0.3 is 9.84 Å². The highest BCUT2D eigenvalue weighted by atomic mass is 79.9. The quantitative estimate of drug-likeness (QED) is 0.870. The zero-order chi connectivity index (χ0) is 12.3. The van der Waals surface area contributed by atoms with Crippen LogP contribution in [0, 0.1) is 0 Å². The van der Waals surface area contributed by atoms with Gasteiger partial charge in [-0.25, -0.2) is 0 Å². The summed E-state index contributed by atoms with van der Waals surface area (Å²) in [5, 5.41) is 9.75. The van der Waals surface area contributed by atoms with Crippen molar-refractivity contribution in [3.63, 3.8) is 0 Å². The van der Waals surface area contributed by atoms with Crippen molar-refractivity contribution in [3.05, 3.63) is 22.7 Å².